The Kier molecular flexibility index (Phi) is 4.31. The van der Waals surface area contributed by atoms with Crippen LogP contribution in [0.5, 0.6) is 0 Å². The minimum Gasteiger partial charge on any atom is -0.394 e. The van der Waals surface area contributed by atoms with Crippen molar-refractivity contribution >= 4 is 21.8 Å². The standard InChI is InChI=1S/C15H20BrNO2/c1-10(2)13(9-18)17-14(19)15(7-8-15)11-5-3-4-6-12(11)16/h3-6,10,13,18H,7-9H2,1-2H3,(H,17,19)/t13-/m1/s1. The second kappa shape index (κ2) is 5.63. The van der Waals surface area contributed by atoms with E-state index in [1.165, 1.54) is 0 Å². The smallest absolute Gasteiger partial charge is 0.231 e. The fourth-order valence-corrected chi connectivity index (χ4v) is 2.99. The molecule has 0 unspecified atom stereocenters. The van der Waals surface area contributed by atoms with Crippen LogP contribution in [0.25, 0.3) is 0 Å². The van der Waals surface area contributed by atoms with Gasteiger partial charge in [-0.25, -0.2) is 0 Å². The van der Waals surface area contributed by atoms with Crippen molar-refractivity contribution in [1.82, 2.24) is 5.32 Å². The monoisotopic (exact) mass is 325 g/mol. The molecule has 0 aromatic heterocycles. The summed E-state index contributed by atoms with van der Waals surface area (Å²) in [4.78, 5) is 12.5. The van der Waals surface area contributed by atoms with Crippen LogP contribution in [-0.2, 0) is 10.2 Å². The molecule has 0 bridgehead atoms. The fraction of sp³-hybridized carbons (Fsp3) is 0.533. The summed E-state index contributed by atoms with van der Waals surface area (Å²) in [5.74, 6) is 0.260. The molecule has 1 fully saturated rings. The van der Waals surface area contributed by atoms with Crippen LogP contribution in [0.2, 0.25) is 0 Å². The minimum absolute atomic E-state index is 0.0184. The summed E-state index contributed by atoms with van der Waals surface area (Å²) in [6, 6.07) is 7.70. The first-order valence-corrected chi connectivity index (χ1v) is 7.47. The highest BCUT2D eigenvalue weighted by Gasteiger charge is 2.52. The van der Waals surface area contributed by atoms with Crippen molar-refractivity contribution in [2.24, 2.45) is 5.92 Å². The first-order chi connectivity index (χ1) is 9.01. The number of benzene rings is 1. The molecule has 1 aliphatic carbocycles. The van der Waals surface area contributed by atoms with Gasteiger partial charge in [-0.1, -0.05) is 48.0 Å². The Morgan fingerprint density at radius 2 is 2.05 bits per heavy atom. The summed E-state index contributed by atoms with van der Waals surface area (Å²) >= 11 is 3.52. The van der Waals surface area contributed by atoms with E-state index in [9.17, 15) is 9.90 Å². The topological polar surface area (TPSA) is 49.3 Å². The van der Waals surface area contributed by atoms with E-state index in [-0.39, 0.29) is 24.5 Å². The van der Waals surface area contributed by atoms with Crippen molar-refractivity contribution in [1.29, 1.82) is 0 Å². The summed E-state index contributed by atoms with van der Waals surface area (Å²) in [5.41, 5.74) is 0.649. The first-order valence-electron chi connectivity index (χ1n) is 6.68. The zero-order chi connectivity index (χ0) is 14.0. The molecule has 0 saturated heterocycles. The summed E-state index contributed by atoms with van der Waals surface area (Å²) in [7, 11) is 0. The number of hydrogen-bond donors (Lipinski definition) is 2. The van der Waals surface area contributed by atoms with Gasteiger partial charge < -0.3 is 10.4 Å². The summed E-state index contributed by atoms with van der Waals surface area (Å²) in [5, 5.41) is 12.3. The number of aliphatic hydroxyl groups is 1. The molecule has 2 rings (SSSR count). The maximum absolute atomic E-state index is 12.5. The second-order valence-corrected chi connectivity index (χ2v) is 6.42. The lowest BCUT2D eigenvalue weighted by Crippen LogP contribution is -2.46. The SMILES string of the molecule is CC(C)[C@@H](CO)NC(=O)C1(c2ccccc2Br)CC1. The number of hydrogen-bond acceptors (Lipinski definition) is 2. The van der Waals surface area contributed by atoms with Gasteiger partial charge in [0.05, 0.1) is 18.1 Å². The number of rotatable bonds is 5. The molecule has 0 aliphatic heterocycles. The molecular weight excluding hydrogens is 306 g/mol. The van der Waals surface area contributed by atoms with Crippen LogP contribution in [0.4, 0.5) is 0 Å². The van der Waals surface area contributed by atoms with Crippen LogP contribution in [0.1, 0.15) is 32.3 Å². The van der Waals surface area contributed by atoms with Crippen molar-refractivity contribution in [2.75, 3.05) is 6.61 Å². The Hall–Kier alpha value is -0.870. The average molecular weight is 326 g/mol. The van der Waals surface area contributed by atoms with E-state index < -0.39 is 5.41 Å². The molecule has 1 aromatic carbocycles. The fourth-order valence-electron chi connectivity index (χ4n) is 2.32. The van der Waals surface area contributed by atoms with E-state index in [1.807, 2.05) is 38.1 Å². The van der Waals surface area contributed by atoms with Crippen LogP contribution in [0, 0.1) is 5.92 Å². The van der Waals surface area contributed by atoms with Crippen LogP contribution >= 0.6 is 15.9 Å². The van der Waals surface area contributed by atoms with Gasteiger partial charge in [-0.05, 0) is 30.4 Å². The van der Waals surface area contributed by atoms with Crippen LogP contribution in [0.15, 0.2) is 28.7 Å². The van der Waals surface area contributed by atoms with Gasteiger partial charge in [-0.15, -0.1) is 0 Å². The quantitative estimate of drug-likeness (QED) is 0.874. The van der Waals surface area contributed by atoms with Crippen LogP contribution in [-0.4, -0.2) is 23.7 Å². The maximum Gasteiger partial charge on any atom is 0.231 e. The third kappa shape index (κ3) is 2.84. The predicted octanol–water partition coefficient (Wildman–Crippen LogP) is 2.61. The molecule has 1 saturated carbocycles. The lowest BCUT2D eigenvalue weighted by atomic mass is 9.94. The highest BCUT2D eigenvalue weighted by Crippen LogP contribution is 2.50. The molecule has 1 aromatic rings. The number of amides is 1. The van der Waals surface area contributed by atoms with Gasteiger partial charge in [0.2, 0.25) is 5.91 Å². The van der Waals surface area contributed by atoms with E-state index in [2.05, 4.69) is 21.2 Å². The third-order valence-electron chi connectivity index (χ3n) is 3.89. The summed E-state index contributed by atoms with van der Waals surface area (Å²) < 4.78 is 0.979. The van der Waals surface area contributed by atoms with Gasteiger partial charge in [0, 0.05) is 4.47 Å². The van der Waals surface area contributed by atoms with E-state index in [0.717, 1.165) is 22.9 Å². The zero-order valence-corrected chi connectivity index (χ0v) is 12.9. The molecule has 104 valence electrons. The number of carbonyl (C=O) groups excluding carboxylic acids is 1. The molecular formula is C15H20BrNO2. The molecule has 19 heavy (non-hydrogen) atoms. The molecule has 1 atom stereocenters. The number of halogens is 1. The van der Waals surface area contributed by atoms with Crippen molar-refractivity contribution < 1.29 is 9.90 Å². The third-order valence-corrected chi connectivity index (χ3v) is 4.58. The highest BCUT2D eigenvalue weighted by molar-refractivity contribution is 9.10. The molecule has 0 spiro atoms. The maximum atomic E-state index is 12.5. The Morgan fingerprint density at radius 3 is 2.53 bits per heavy atom. The molecule has 1 aliphatic rings. The van der Waals surface area contributed by atoms with Gasteiger partial charge in [-0.3, -0.25) is 4.79 Å². The molecule has 4 heteroatoms. The zero-order valence-electron chi connectivity index (χ0n) is 11.3. The van der Waals surface area contributed by atoms with Crippen molar-refractivity contribution in [3.05, 3.63) is 34.3 Å². The predicted molar refractivity (Wildman–Crippen MR) is 78.9 cm³/mol. The van der Waals surface area contributed by atoms with Crippen LogP contribution in [0.3, 0.4) is 0 Å². The lowest BCUT2D eigenvalue weighted by Gasteiger charge is -2.24. The van der Waals surface area contributed by atoms with Crippen molar-refractivity contribution in [3.63, 3.8) is 0 Å². The Labute approximate surface area is 122 Å². The second-order valence-electron chi connectivity index (χ2n) is 5.57. The van der Waals surface area contributed by atoms with Gasteiger partial charge in [0.25, 0.3) is 0 Å². The Morgan fingerprint density at radius 1 is 1.42 bits per heavy atom. The number of nitrogens with one attached hydrogen (secondary N) is 1. The van der Waals surface area contributed by atoms with Gasteiger partial charge >= 0.3 is 0 Å². The van der Waals surface area contributed by atoms with E-state index in [4.69, 9.17) is 0 Å². The molecule has 2 N–H and O–H groups in total. The van der Waals surface area contributed by atoms with E-state index >= 15 is 0 Å². The minimum atomic E-state index is -0.400. The van der Waals surface area contributed by atoms with Crippen LogP contribution < -0.4 is 5.32 Å². The molecule has 0 radical (unpaired) electrons. The average Bonchev–Trinajstić information content (AvgIpc) is 3.17. The first kappa shape index (κ1) is 14.5. The van der Waals surface area contributed by atoms with Crippen molar-refractivity contribution in [2.45, 2.75) is 38.1 Å². The van der Waals surface area contributed by atoms with E-state index in [1.54, 1.807) is 0 Å². The number of aliphatic hydroxyl groups excluding tert-OH is 1. The summed E-state index contributed by atoms with van der Waals surface area (Å²) in [6.07, 6.45) is 1.75. The van der Waals surface area contributed by atoms with Gasteiger partial charge in [0.1, 0.15) is 0 Å². The number of carbonyl (C=O) groups is 1. The summed E-state index contributed by atoms with van der Waals surface area (Å²) in [6.45, 7) is 3.98. The molecule has 3 nitrogen and oxygen atoms in total. The largest absolute Gasteiger partial charge is 0.394 e. The lowest BCUT2D eigenvalue weighted by molar-refractivity contribution is -0.125. The molecule has 1 amide bonds. The van der Waals surface area contributed by atoms with Crippen molar-refractivity contribution in [3.8, 4) is 0 Å². The normalized spacial score (nSPS) is 18.2. The van der Waals surface area contributed by atoms with Gasteiger partial charge in [0.15, 0.2) is 0 Å². The van der Waals surface area contributed by atoms with E-state index in [0.29, 0.717) is 0 Å². The highest BCUT2D eigenvalue weighted by atomic mass is 79.9. The Bertz CT molecular complexity index is 469. The Balaban J connectivity index is 2.17. The molecule has 0 heterocycles. The van der Waals surface area contributed by atoms with Gasteiger partial charge in [-0.2, -0.15) is 0 Å².